The second kappa shape index (κ2) is 6.98. The third kappa shape index (κ3) is 3.70. The van der Waals surface area contributed by atoms with E-state index in [1.54, 1.807) is 0 Å². The number of nitrogens with one attached hydrogen (secondary N) is 2. The molecule has 0 saturated heterocycles. The Kier molecular flexibility index (Phi) is 4.59. The second-order valence-electron chi connectivity index (χ2n) is 5.01. The van der Waals surface area contributed by atoms with Crippen molar-refractivity contribution in [3.05, 3.63) is 82.6 Å². The fourth-order valence-corrected chi connectivity index (χ4v) is 2.41. The van der Waals surface area contributed by atoms with Crippen LogP contribution >= 0.6 is 12.2 Å². The molecular weight excluding hydrogens is 306 g/mol. The lowest BCUT2D eigenvalue weighted by molar-refractivity contribution is 0.0949. The summed E-state index contributed by atoms with van der Waals surface area (Å²) in [5.74, 6) is 0.414. The van der Waals surface area contributed by atoms with E-state index >= 15 is 0 Å². The van der Waals surface area contributed by atoms with Crippen LogP contribution in [0.3, 0.4) is 0 Å². The lowest BCUT2D eigenvalue weighted by Crippen LogP contribution is -2.23. The molecule has 0 spiro atoms. The Bertz CT molecular complexity index is 860. The van der Waals surface area contributed by atoms with Crippen molar-refractivity contribution in [1.82, 2.24) is 15.3 Å². The van der Waals surface area contributed by atoms with Crippen LogP contribution in [0, 0.1) is 4.64 Å². The van der Waals surface area contributed by atoms with Crippen LogP contribution in [0.25, 0.3) is 11.4 Å². The van der Waals surface area contributed by atoms with Crippen LogP contribution in [0.5, 0.6) is 0 Å². The van der Waals surface area contributed by atoms with Gasteiger partial charge in [0.2, 0.25) is 0 Å². The van der Waals surface area contributed by atoms with Crippen LogP contribution in [-0.4, -0.2) is 15.9 Å². The van der Waals surface area contributed by atoms with Crippen LogP contribution in [0.1, 0.15) is 15.9 Å². The van der Waals surface area contributed by atoms with Gasteiger partial charge >= 0.3 is 0 Å². The maximum absolute atomic E-state index is 12.2. The maximum atomic E-state index is 12.2. The molecule has 2 N–H and O–H groups in total. The number of nitrogens with zero attached hydrogens (tertiary/aromatic N) is 1. The SMILES string of the molecule is O=C(NCc1ccccc1)c1cnc(-c2ccccc2)[nH]c1=S. The van der Waals surface area contributed by atoms with Crippen molar-refractivity contribution < 1.29 is 4.79 Å². The van der Waals surface area contributed by atoms with E-state index in [-0.39, 0.29) is 5.91 Å². The van der Waals surface area contributed by atoms with Gasteiger partial charge in [-0.1, -0.05) is 72.9 Å². The number of rotatable bonds is 4. The maximum Gasteiger partial charge on any atom is 0.256 e. The van der Waals surface area contributed by atoms with Gasteiger partial charge in [0.1, 0.15) is 10.5 Å². The molecule has 0 saturated carbocycles. The molecule has 3 aromatic rings. The first-order valence-corrected chi connectivity index (χ1v) is 7.62. The third-order valence-electron chi connectivity index (χ3n) is 3.39. The van der Waals surface area contributed by atoms with Crippen molar-refractivity contribution in [2.75, 3.05) is 0 Å². The molecule has 0 aliphatic rings. The molecule has 114 valence electrons. The highest BCUT2D eigenvalue weighted by atomic mass is 32.1. The predicted octanol–water partition coefficient (Wildman–Crippen LogP) is 3.74. The molecule has 1 heterocycles. The Labute approximate surface area is 139 Å². The number of H-pyrrole nitrogens is 1. The molecule has 1 aromatic heterocycles. The van der Waals surface area contributed by atoms with Crippen LogP contribution < -0.4 is 5.32 Å². The summed E-state index contributed by atoms with van der Waals surface area (Å²) in [7, 11) is 0. The number of carbonyl (C=O) groups excluding carboxylic acids is 1. The molecule has 0 bridgehead atoms. The zero-order valence-electron chi connectivity index (χ0n) is 12.3. The van der Waals surface area contributed by atoms with Gasteiger partial charge in [0.15, 0.2) is 0 Å². The summed E-state index contributed by atoms with van der Waals surface area (Å²) >= 11 is 5.29. The quantitative estimate of drug-likeness (QED) is 0.720. The summed E-state index contributed by atoms with van der Waals surface area (Å²) in [5, 5.41) is 2.85. The van der Waals surface area contributed by atoms with E-state index in [4.69, 9.17) is 12.2 Å². The molecule has 2 aromatic carbocycles. The predicted molar refractivity (Wildman–Crippen MR) is 92.5 cm³/mol. The van der Waals surface area contributed by atoms with Gasteiger partial charge in [0, 0.05) is 18.3 Å². The van der Waals surface area contributed by atoms with Gasteiger partial charge in [-0.25, -0.2) is 4.98 Å². The molecule has 4 nitrogen and oxygen atoms in total. The lowest BCUT2D eigenvalue weighted by Gasteiger charge is -2.07. The normalized spacial score (nSPS) is 10.3. The molecule has 0 unspecified atom stereocenters. The fourth-order valence-electron chi connectivity index (χ4n) is 2.17. The average molecular weight is 321 g/mol. The average Bonchev–Trinajstić information content (AvgIpc) is 2.61. The Morgan fingerprint density at radius 3 is 2.35 bits per heavy atom. The molecule has 3 rings (SSSR count). The molecule has 1 amide bonds. The highest BCUT2D eigenvalue weighted by molar-refractivity contribution is 7.71. The lowest BCUT2D eigenvalue weighted by atomic mass is 10.2. The Balaban J connectivity index is 1.75. The summed E-state index contributed by atoms with van der Waals surface area (Å²) < 4.78 is 0.379. The number of carbonyl (C=O) groups is 1. The van der Waals surface area contributed by atoms with E-state index in [0.29, 0.717) is 22.6 Å². The molecule has 0 aliphatic carbocycles. The van der Waals surface area contributed by atoms with Crippen molar-refractivity contribution in [1.29, 1.82) is 0 Å². The van der Waals surface area contributed by atoms with Crippen LogP contribution in [0.15, 0.2) is 66.9 Å². The number of hydrogen-bond acceptors (Lipinski definition) is 3. The highest BCUT2D eigenvalue weighted by Gasteiger charge is 2.10. The van der Waals surface area contributed by atoms with Gasteiger partial charge in [0.25, 0.3) is 5.91 Å². The monoisotopic (exact) mass is 321 g/mol. The molecule has 5 heteroatoms. The summed E-state index contributed by atoms with van der Waals surface area (Å²) in [5.41, 5.74) is 2.33. The van der Waals surface area contributed by atoms with Crippen molar-refractivity contribution in [2.45, 2.75) is 6.54 Å². The topological polar surface area (TPSA) is 57.8 Å². The third-order valence-corrected chi connectivity index (χ3v) is 3.71. The minimum Gasteiger partial charge on any atom is -0.348 e. The fraction of sp³-hybridized carbons (Fsp3) is 0.0556. The van der Waals surface area contributed by atoms with Gasteiger partial charge in [-0.2, -0.15) is 0 Å². The van der Waals surface area contributed by atoms with E-state index in [9.17, 15) is 4.79 Å². The standard InChI is InChI=1S/C18H15N3OS/c22-17(20-11-13-7-3-1-4-8-13)15-12-19-16(21-18(15)23)14-9-5-2-6-10-14/h1-10,12H,11H2,(H,20,22)(H,19,21,23). The Hall–Kier alpha value is -2.79. The smallest absolute Gasteiger partial charge is 0.256 e. The van der Waals surface area contributed by atoms with Crippen LogP contribution in [0.4, 0.5) is 0 Å². The minimum absolute atomic E-state index is 0.234. The van der Waals surface area contributed by atoms with Crippen molar-refractivity contribution in [3.8, 4) is 11.4 Å². The largest absolute Gasteiger partial charge is 0.348 e. The summed E-state index contributed by atoms with van der Waals surface area (Å²) in [6.45, 7) is 0.453. The zero-order valence-corrected chi connectivity index (χ0v) is 13.1. The Morgan fingerprint density at radius 1 is 1.04 bits per heavy atom. The Morgan fingerprint density at radius 2 is 1.70 bits per heavy atom. The first-order valence-electron chi connectivity index (χ1n) is 7.21. The molecule has 0 aliphatic heterocycles. The first kappa shape index (κ1) is 15.1. The summed E-state index contributed by atoms with van der Waals surface area (Å²) in [4.78, 5) is 19.6. The van der Waals surface area contributed by atoms with E-state index < -0.39 is 0 Å². The van der Waals surface area contributed by atoms with Gasteiger partial charge in [-0.15, -0.1) is 0 Å². The van der Waals surface area contributed by atoms with Gasteiger partial charge in [-0.3, -0.25) is 4.79 Å². The molecular formula is C18H15N3OS. The highest BCUT2D eigenvalue weighted by Crippen LogP contribution is 2.14. The number of aromatic nitrogens is 2. The molecule has 0 atom stereocenters. The van der Waals surface area contributed by atoms with Gasteiger partial charge < -0.3 is 10.3 Å². The first-order chi connectivity index (χ1) is 11.2. The number of benzene rings is 2. The van der Waals surface area contributed by atoms with Crippen LogP contribution in [0.2, 0.25) is 0 Å². The van der Waals surface area contributed by atoms with E-state index in [0.717, 1.165) is 11.1 Å². The van der Waals surface area contributed by atoms with Crippen molar-refractivity contribution in [3.63, 3.8) is 0 Å². The van der Waals surface area contributed by atoms with Gasteiger partial charge in [-0.05, 0) is 5.56 Å². The van der Waals surface area contributed by atoms with Crippen molar-refractivity contribution >= 4 is 18.1 Å². The van der Waals surface area contributed by atoms with E-state index in [1.165, 1.54) is 6.20 Å². The number of amides is 1. The summed E-state index contributed by atoms with van der Waals surface area (Å²) in [6.07, 6.45) is 1.52. The number of aromatic amines is 1. The molecule has 0 radical (unpaired) electrons. The summed E-state index contributed by atoms with van der Waals surface area (Å²) in [6, 6.07) is 19.4. The molecule has 23 heavy (non-hydrogen) atoms. The second-order valence-corrected chi connectivity index (χ2v) is 5.42. The van der Waals surface area contributed by atoms with Crippen LogP contribution in [-0.2, 0) is 6.54 Å². The minimum atomic E-state index is -0.234. The number of hydrogen-bond donors (Lipinski definition) is 2. The van der Waals surface area contributed by atoms with Gasteiger partial charge in [0.05, 0.1) is 5.56 Å². The zero-order chi connectivity index (χ0) is 16.1. The molecule has 0 fully saturated rings. The van der Waals surface area contributed by atoms with E-state index in [1.807, 2.05) is 60.7 Å². The van der Waals surface area contributed by atoms with E-state index in [2.05, 4.69) is 15.3 Å². The van der Waals surface area contributed by atoms with Crippen molar-refractivity contribution in [2.24, 2.45) is 0 Å².